The molecular formula is C22H22N5OP. The van der Waals surface area contributed by atoms with Crippen LogP contribution in [0.25, 0.3) is 22.6 Å². The minimum absolute atomic E-state index is 0.540. The summed E-state index contributed by atoms with van der Waals surface area (Å²) in [6.07, 6.45) is 5.29. The molecule has 1 aliphatic rings. The zero-order valence-electron chi connectivity index (χ0n) is 16.5. The Kier molecular flexibility index (Phi) is 4.32. The lowest BCUT2D eigenvalue weighted by Gasteiger charge is -2.08. The molecule has 0 spiro atoms. The average Bonchev–Trinajstić information content (AvgIpc) is 3.34. The third kappa shape index (κ3) is 3.49. The molecule has 0 radical (unpaired) electrons. The molecule has 0 atom stereocenters. The minimum atomic E-state index is -2.27. The van der Waals surface area contributed by atoms with E-state index in [9.17, 15) is 4.57 Å². The second-order valence-electron chi connectivity index (χ2n) is 8.00. The van der Waals surface area contributed by atoms with Crippen molar-refractivity contribution in [1.29, 1.82) is 0 Å². The summed E-state index contributed by atoms with van der Waals surface area (Å²) >= 11 is 0. The van der Waals surface area contributed by atoms with Crippen molar-refractivity contribution in [2.75, 3.05) is 13.3 Å². The van der Waals surface area contributed by atoms with Gasteiger partial charge in [-0.25, -0.2) is 14.6 Å². The number of benzene rings is 2. The number of rotatable bonds is 4. The van der Waals surface area contributed by atoms with Gasteiger partial charge in [0.25, 0.3) is 0 Å². The lowest BCUT2D eigenvalue weighted by Crippen LogP contribution is -2.04. The lowest BCUT2D eigenvalue weighted by atomic mass is 10.1. The van der Waals surface area contributed by atoms with Gasteiger partial charge >= 0.3 is 0 Å². The Hall–Kier alpha value is -2.85. The van der Waals surface area contributed by atoms with Gasteiger partial charge in [0.2, 0.25) is 5.65 Å². The molecule has 5 rings (SSSR count). The molecular weight excluding hydrogens is 381 g/mol. The monoisotopic (exact) mass is 403 g/mol. The number of nitrogens with zero attached hydrogens (tertiary/aromatic N) is 5. The molecule has 146 valence electrons. The Morgan fingerprint density at radius 3 is 2.62 bits per heavy atom. The van der Waals surface area contributed by atoms with E-state index < -0.39 is 7.14 Å². The van der Waals surface area contributed by atoms with Gasteiger partial charge in [0.1, 0.15) is 7.14 Å². The van der Waals surface area contributed by atoms with Crippen LogP contribution >= 0.6 is 7.14 Å². The van der Waals surface area contributed by atoms with E-state index in [4.69, 9.17) is 4.98 Å². The molecule has 0 saturated heterocycles. The highest BCUT2D eigenvalue weighted by atomic mass is 31.2. The predicted molar refractivity (Wildman–Crippen MR) is 115 cm³/mol. The minimum Gasteiger partial charge on any atom is -0.319 e. The Morgan fingerprint density at radius 2 is 1.83 bits per heavy atom. The molecule has 0 fully saturated rings. The Bertz CT molecular complexity index is 1260. The summed E-state index contributed by atoms with van der Waals surface area (Å²) in [5.74, 6) is 0. The van der Waals surface area contributed by atoms with E-state index in [1.807, 2.05) is 28.9 Å². The summed E-state index contributed by atoms with van der Waals surface area (Å²) in [5.41, 5.74) is 7.01. The van der Waals surface area contributed by atoms with E-state index in [0.717, 1.165) is 23.0 Å². The Morgan fingerprint density at radius 1 is 1.03 bits per heavy atom. The van der Waals surface area contributed by atoms with Gasteiger partial charge in [-0.2, -0.15) is 0 Å². The van der Waals surface area contributed by atoms with Crippen LogP contribution in [0.2, 0.25) is 0 Å². The van der Waals surface area contributed by atoms with Gasteiger partial charge < -0.3 is 4.57 Å². The summed E-state index contributed by atoms with van der Waals surface area (Å²) < 4.78 is 14.1. The molecule has 2 heterocycles. The Labute approximate surface area is 169 Å². The molecule has 0 N–H and O–H groups in total. The first-order valence-electron chi connectivity index (χ1n) is 9.80. The van der Waals surface area contributed by atoms with Crippen molar-refractivity contribution in [3.05, 3.63) is 65.4 Å². The first-order valence-corrected chi connectivity index (χ1v) is 12.4. The molecule has 1 aliphatic carbocycles. The van der Waals surface area contributed by atoms with Crippen LogP contribution in [-0.4, -0.2) is 38.3 Å². The molecule has 29 heavy (non-hydrogen) atoms. The number of aromatic nitrogens is 5. The van der Waals surface area contributed by atoms with Crippen molar-refractivity contribution < 1.29 is 4.57 Å². The van der Waals surface area contributed by atoms with E-state index in [1.165, 1.54) is 29.5 Å². The highest BCUT2D eigenvalue weighted by molar-refractivity contribution is 7.70. The Balaban J connectivity index is 1.48. The van der Waals surface area contributed by atoms with Gasteiger partial charge in [-0.15, -0.1) is 5.10 Å². The molecule has 0 bridgehead atoms. The van der Waals surface area contributed by atoms with Crippen molar-refractivity contribution in [2.24, 2.45) is 0 Å². The van der Waals surface area contributed by atoms with E-state index in [2.05, 4.69) is 33.5 Å². The molecule has 7 heteroatoms. The van der Waals surface area contributed by atoms with Crippen LogP contribution in [-0.2, 0) is 24.0 Å². The van der Waals surface area contributed by atoms with Gasteiger partial charge in [-0.1, -0.05) is 47.7 Å². The van der Waals surface area contributed by atoms with E-state index in [-0.39, 0.29) is 0 Å². The van der Waals surface area contributed by atoms with E-state index in [1.54, 1.807) is 19.5 Å². The maximum atomic E-state index is 12.2. The van der Waals surface area contributed by atoms with Crippen molar-refractivity contribution >= 4 is 23.7 Å². The molecule has 6 nitrogen and oxygen atoms in total. The van der Waals surface area contributed by atoms with Crippen LogP contribution in [0.4, 0.5) is 0 Å². The summed E-state index contributed by atoms with van der Waals surface area (Å²) in [5, 5.41) is 9.30. The second kappa shape index (κ2) is 6.89. The molecule has 0 saturated carbocycles. The van der Waals surface area contributed by atoms with Gasteiger partial charge in [0, 0.05) is 10.9 Å². The number of hydrogen-bond donors (Lipinski definition) is 0. The molecule has 0 aliphatic heterocycles. The SMILES string of the molecule is CP(C)(=O)c1ccc(-c2cnc3nnn(Cc4ccc5c(c4)CCC5)c3n2)cc1. The third-order valence-corrected chi connectivity index (χ3v) is 7.05. The van der Waals surface area contributed by atoms with E-state index >= 15 is 0 Å². The smallest absolute Gasteiger partial charge is 0.221 e. The fraction of sp³-hybridized carbons (Fsp3) is 0.273. The summed E-state index contributed by atoms with van der Waals surface area (Å²) in [4.78, 5) is 9.21. The molecule has 0 amide bonds. The maximum Gasteiger partial charge on any atom is 0.221 e. The summed E-state index contributed by atoms with van der Waals surface area (Å²) in [7, 11) is -2.27. The van der Waals surface area contributed by atoms with Crippen molar-refractivity contribution in [1.82, 2.24) is 25.0 Å². The predicted octanol–water partition coefficient (Wildman–Crippen LogP) is 3.67. The quantitative estimate of drug-likeness (QED) is 0.486. The highest BCUT2D eigenvalue weighted by Gasteiger charge is 2.15. The van der Waals surface area contributed by atoms with Gasteiger partial charge in [0.15, 0.2) is 5.65 Å². The number of fused-ring (bicyclic) bond motifs is 2. The second-order valence-corrected chi connectivity index (χ2v) is 11.2. The van der Waals surface area contributed by atoms with Crippen molar-refractivity contribution in [2.45, 2.75) is 25.8 Å². The maximum absolute atomic E-state index is 12.2. The first kappa shape index (κ1) is 18.2. The average molecular weight is 403 g/mol. The normalized spacial score (nSPS) is 13.7. The standard InChI is InChI=1S/C22H22N5OP/c1-29(2,28)19-10-8-17(9-11-19)20-13-23-21-22(24-20)27(26-25-21)14-15-6-7-16-4-3-5-18(16)12-15/h6-13H,3-5,14H2,1-2H3. The summed E-state index contributed by atoms with van der Waals surface area (Å²) in [6, 6.07) is 14.4. The zero-order chi connectivity index (χ0) is 20.0. The third-order valence-electron chi connectivity index (χ3n) is 5.51. The first-order chi connectivity index (χ1) is 14.0. The molecule has 2 aromatic carbocycles. The molecule has 2 aromatic heterocycles. The van der Waals surface area contributed by atoms with Gasteiger partial charge in [-0.3, -0.25) is 0 Å². The van der Waals surface area contributed by atoms with E-state index in [0.29, 0.717) is 17.8 Å². The molecule has 4 aromatic rings. The van der Waals surface area contributed by atoms with Crippen LogP contribution in [0.5, 0.6) is 0 Å². The van der Waals surface area contributed by atoms with Crippen LogP contribution < -0.4 is 5.30 Å². The summed E-state index contributed by atoms with van der Waals surface area (Å²) in [6.45, 7) is 4.17. The van der Waals surface area contributed by atoms with Crippen LogP contribution in [0, 0.1) is 0 Å². The zero-order valence-corrected chi connectivity index (χ0v) is 17.4. The van der Waals surface area contributed by atoms with Gasteiger partial charge in [-0.05, 0) is 49.3 Å². The van der Waals surface area contributed by atoms with Gasteiger partial charge in [0.05, 0.1) is 18.4 Å². The molecule has 0 unspecified atom stereocenters. The van der Waals surface area contributed by atoms with Crippen LogP contribution in [0.15, 0.2) is 48.7 Å². The fourth-order valence-electron chi connectivity index (χ4n) is 3.89. The topological polar surface area (TPSA) is 73.6 Å². The largest absolute Gasteiger partial charge is 0.319 e. The van der Waals surface area contributed by atoms with Crippen molar-refractivity contribution in [3.8, 4) is 11.3 Å². The van der Waals surface area contributed by atoms with Crippen LogP contribution in [0.3, 0.4) is 0 Å². The van der Waals surface area contributed by atoms with Crippen molar-refractivity contribution in [3.63, 3.8) is 0 Å². The lowest BCUT2D eigenvalue weighted by molar-refractivity contribution is 0.588. The fourth-order valence-corrected chi connectivity index (χ4v) is 4.76. The highest BCUT2D eigenvalue weighted by Crippen LogP contribution is 2.35. The number of aryl methyl sites for hydroxylation is 2. The van der Waals surface area contributed by atoms with Crippen LogP contribution in [0.1, 0.15) is 23.1 Å². The number of hydrogen-bond acceptors (Lipinski definition) is 5.